The van der Waals surface area contributed by atoms with Crippen molar-refractivity contribution in [3.8, 4) is 0 Å². The van der Waals surface area contributed by atoms with Gasteiger partial charge >= 0.3 is 0 Å². The van der Waals surface area contributed by atoms with Gasteiger partial charge in [-0.2, -0.15) is 0 Å². The van der Waals surface area contributed by atoms with Crippen LogP contribution in [0.25, 0.3) is 0 Å². The van der Waals surface area contributed by atoms with Gasteiger partial charge in [0.25, 0.3) is 11.6 Å². The number of carbonyl (C=O) groups excluding carboxylic acids is 2. The predicted octanol–water partition coefficient (Wildman–Crippen LogP) is 4.69. The highest BCUT2D eigenvalue weighted by atomic mass is 35.5. The summed E-state index contributed by atoms with van der Waals surface area (Å²) in [6.45, 7) is 6.17. The van der Waals surface area contributed by atoms with Gasteiger partial charge in [0.1, 0.15) is 5.82 Å². The molecule has 3 aromatic rings. The topological polar surface area (TPSA) is 132 Å². The van der Waals surface area contributed by atoms with Gasteiger partial charge < -0.3 is 15.2 Å². The van der Waals surface area contributed by atoms with Gasteiger partial charge in [0, 0.05) is 42.9 Å². The quantitative estimate of drug-likeness (QED) is 0.154. The van der Waals surface area contributed by atoms with Crippen molar-refractivity contribution in [2.75, 3.05) is 17.6 Å². The zero-order valence-electron chi connectivity index (χ0n) is 19.2. The van der Waals surface area contributed by atoms with E-state index in [1.54, 1.807) is 25.1 Å². The molecule has 2 aromatic carbocycles. The van der Waals surface area contributed by atoms with Gasteiger partial charge in [-0.05, 0) is 36.8 Å². The molecule has 0 fully saturated rings. The molecular weight excluding hydrogens is 527 g/mol. The molecule has 1 heterocycles. The van der Waals surface area contributed by atoms with Crippen LogP contribution in [-0.4, -0.2) is 43.8 Å². The molecular formula is C23H22Cl2N6O4S. The number of hydrogen-bond donors (Lipinski definition) is 2. The number of non-ortho nitro benzene ring substituents is 1. The first-order chi connectivity index (χ1) is 17.2. The molecule has 0 aliphatic heterocycles. The van der Waals surface area contributed by atoms with Crippen LogP contribution in [0, 0.1) is 17.0 Å². The molecule has 188 valence electrons. The molecule has 0 radical (unpaired) electrons. The normalized spacial score (nSPS) is 10.6. The highest BCUT2D eigenvalue weighted by Crippen LogP contribution is 2.24. The maximum atomic E-state index is 12.5. The molecule has 0 unspecified atom stereocenters. The van der Waals surface area contributed by atoms with E-state index in [-0.39, 0.29) is 23.3 Å². The van der Waals surface area contributed by atoms with E-state index in [9.17, 15) is 19.7 Å². The third kappa shape index (κ3) is 7.06. The number of allylic oxidation sites excluding steroid dienone is 1. The number of amides is 2. The molecule has 0 saturated heterocycles. The Hall–Kier alpha value is -3.41. The van der Waals surface area contributed by atoms with Gasteiger partial charge in [0.05, 0.1) is 20.7 Å². The number of hydrogen-bond acceptors (Lipinski definition) is 7. The van der Waals surface area contributed by atoms with Crippen LogP contribution >= 0.6 is 35.0 Å². The van der Waals surface area contributed by atoms with Crippen molar-refractivity contribution in [1.82, 2.24) is 20.1 Å². The summed E-state index contributed by atoms with van der Waals surface area (Å²) in [4.78, 5) is 35.2. The van der Waals surface area contributed by atoms with Crippen molar-refractivity contribution in [2.24, 2.45) is 0 Å². The summed E-state index contributed by atoms with van der Waals surface area (Å²) in [6, 6.07) is 8.88. The van der Waals surface area contributed by atoms with Crippen LogP contribution in [0.4, 0.5) is 11.4 Å². The van der Waals surface area contributed by atoms with Crippen molar-refractivity contribution in [3.63, 3.8) is 0 Å². The average Bonchev–Trinajstić information content (AvgIpc) is 3.22. The molecule has 2 amide bonds. The fourth-order valence-electron chi connectivity index (χ4n) is 3.17. The summed E-state index contributed by atoms with van der Waals surface area (Å²) in [5.74, 6) is 0.0925. The van der Waals surface area contributed by atoms with Crippen molar-refractivity contribution < 1.29 is 14.5 Å². The van der Waals surface area contributed by atoms with Gasteiger partial charge in [-0.3, -0.25) is 19.7 Å². The number of nitrogens with zero attached hydrogens (tertiary/aromatic N) is 4. The standard InChI is InChI=1S/C23H22Cl2N6O4S/c1-3-10-30-20(8-9-26-22(33)15-4-6-17(24)18(25)12-15)28-29-23(30)36-13-21(32)27-19-7-5-16(31(34)35)11-14(19)2/h3-7,11-12H,1,8-10,13H2,2H3,(H,26,33)(H,27,32). The van der Waals surface area contributed by atoms with Gasteiger partial charge in [-0.25, -0.2) is 0 Å². The van der Waals surface area contributed by atoms with E-state index in [4.69, 9.17) is 23.2 Å². The molecule has 2 N–H and O–H groups in total. The Kier molecular flexibility index (Phi) is 9.45. The molecule has 3 rings (SSSR count). The number of nitrogens with one attached hydrogen (secondary N) is 2. The van der Waals surface area contributed by atoms with E-state index >= 15 is 0 Å². The molecule has 1 aromatic heterocycles. The molecule has 0 spiro atoms. The highest BCUT2D eigenvalue weighted by Gasteiger charge is 2.16. The van der Waals surface area contributed by atoms with Gasteiger partial charge in [0.15, 0.2) is 5.16 Å². The van der Waals surface area contributed by atoms with Crippen molar-refractivity contribution in [1.29, 1.82) is 0 Å². The van der Waals surface area contributed by atoms with Crippen molar-refractivity contribution >= 4 is 58.2 Å². The molecule has 0 aliphatic carbocycles. The minimum absolute atomic E-state index is 0.0434. The number of anilines is 1. The number of aromatic nitrogens is 3. The number of rotatable bonds is 11. The molecule has 36 heavy (non-hydrogen) atoms. The third-order valence-electron chi connectivity index (χ3n) is 4.95. The predicted molar refractivity (Wildman–Crippen MR) is 140 cm³/mol. The summed E-state index contributed by atoms with van der Waals surface area (Å²) in [5, 5.41) is 26.0. The lowest BCUT2D eigenvalue weighted by Gasteiger charge is -2.10. The van der Waals surface area contributed by atoms with Crippen molar-refractivity contribution in [3.05, 3.63) is 86.2 Å². The van der Waals surface area contributed by atoms with Crippen LogP contribution in [-0.2, 0) is 17.8 Å². The van der Waals surface area contributed by atoms with E-state index in [1.807, 2.05) is 4.57 Å². The monoisotopic (exact) mass is 548 g/mol. The second kappa shape index (κ2) is 12.5. The first kappa shape index (κ1) is 27.2. The van der Waals surface area contributed by atoms with E-state index in [1.165, 1.54) is 36.0 Å². The van der Waals surface area contributed by atoms with Crippen molar-refractivity contribution in [2.45, 2.75) is 25.0 Å². The summed E-state index contributed by atoms with van der Waals surface area (Å²) in [7, 11) is 0. The third-order valence-corrected chi connectivity index (χ3v) is 6.65. The summed E-state index contributed by atoms with van der Waals surface area (Å²) >= 11 is 13.1. The van der Waals surface area contributed by atoms with Gasteiger partial charge in [0.2, 0.25) is 5.91 Å². The zero-order valence-corrected chi connectivity index (χ0v) is 21.5. The lowest BCUT2D eigenvalue weighted by atomic mass is 10.2. The number of benzene rings is 2. The number of carbonyl (C=O) groups is 2. The number of nitro groups is 1. The summed E-state index contributed by atoms with van der Waals surface area (Å²) in [6.07, 6.45) is 2.09. The SMILES string of the molecule is C=CCn1c(CCNC(=O)c2ccc(Cl)c(Cl)c2)nnc1SCC(=O)Nc1ccc([N+](=O)[O-])cc1C. The second-order valence-corrected chi connectivity index (χ2v) is 9.28. The van der Waals surface area contributed by atoms with Crippen LogP contribution < -0.4 is 10.6 Å². The van der Waals surface area contributed by atoms with Crippen LogP contribution in [0.15, 0.2) is 54.2 Å². The Morgan fingerprint density at radius 3 is 2.64 bits per heavy atom. The number of nitro benzene ring substituents is 1. The van der Waals surface area contributed by atoms with E-state index in [0.717, 1.165) is 0 Å². The van der Waals surface area contributed by atoms with Gasteiger partial charge in [-0.15, -0.1) is 16.8 Å². The van der Waals surface area contributed by atoms with Gasteiger partial charge in [-0.1, -0.05) is 41.0 Å². The molecule has 13 heteroatoms. The Morgan fingerprint density at radius 1 is 1.19 bits per heavy atom. The fourth-order valence-corrected chi connectivity index (χ4v) is 4.23. The highest BCUT2D eigenvalue weighted by molar-refractivity contribution is 7.99. The molecule has 10 nitrogen and oxygen atoms in total. The Balaban J connectivity index is 1.57. The number of aryl methyl sites for hydroxylation is 1. The van der Waals surface area contributed by atoms with Crippen LogP contribution in [0.1, 0.15) is 21.7 Å². The van der Waals surface area contributed by atoms with E-state index < -0.39 is 4.92 Å². The zero-order chi connectivity index (χ0) is 26.2. The Labute approximate surface area is 221 Å². The number of halogens is 2. The minimum atomic E-state index is -0.489. The first-order valence-corrected chi connectivity index (χ1v) is 12.4. The minimum Gasteiger partial charge on any atom is -0.352 e. The smallest absolute Gasteiger partial charge is 0.269 e. The summed E-state index contributed by atoms with van der Waals surface area (Å²) in [5.41, 5.74) is 1.43. The average molecular weight is 549 g/mol. The van der Waals surface area contributed by atoms with Crippen LogP contribution in [0.3, 0.4) is 0 Å². The maximum Gasteiger partial charge on any atom is 0.269 e. The van der Waals surface area contributed by atoms with Crippen LogP contribution in [0.2, 0.25) is 10.0 Å². The lowest BCUT2D eigenvalue weighted by molar-refractivity contribution is -0.384. The molecule has 0 bridgehead atoms. The molecule has 0 aliphatic rings. The van der Waals surface area contributed by atoms with Crippen LogP contribution in [0.5, 0.6) is 0 Å². The summed E-state index contributed by atoms with van der Waals surface area (Å²) < 4.78 is 1.81. The van der Waals surface area contributed by atoms with E-state index in [0.29, 0.717) is 57.4 Å². The van der Waals surface area contributed by atoms with E-state index in [2.05, 4.69) is 27.4 Å². The maximum absolute atomic E-state index is 12.5. The molecule has 0 atom stereocenters. The largest absolute Gasteiger partial charge is 0.352 e. The first-order valence-electron chi connectivity index (χ1n) is 10.6. The fraction of sp³-hybridized carbons (Fsp3) is 0.217. The lowest BCUT2D eigenvalue weighted by Crippen LogP contribution is -2.26. The Bertz CT molecular complexity index is 1310. The molecule has 0 saturated carbocycles. The number of thioether (sulfide) groups is 1. The second-order valence-electron chi connectivity index (χ2n) is 7.53. The Morgan fingerprint density at radius 2 is 1.97 bits per heavy atom.